The zero-order valence-corrected chi connectivity index (χ0v) is 21.9. The number of hydrogen-bond donors (Lipinski definition) is 1. The van der Waals surface area contributed by atoms with Crippen LogP contribution in [0.25, 0.3) is 11.1 Å². The number of carboxylic acid groups (broad SMARTS) is 1. The van der Waals surface area contributed by atoms with Crippen molar-refractivity contribution >= 4 is 39.6 Å². The van der Waals surface area contributed by atoms with Crippen LogP contribution < -0.4 is 0 Å². The highest BCUT2D eigenvalue weighted by Gasteiger charge is 2.38. The van der Waals surface area contributed by atoms with Crippen molar-refractivity contribution in [2.24, 2.45) is 4.99 Å². The number of aromatic nitrogens is 1. The van der Waals surface area contributed by atoms with E-state index in [0.717, 1.165) is 23.2 Å². The second-order valence-electron chi connectivity index (χ2n) is 8.36. The molecule has 1 aliphatic heterocycles. The number of allylic oxidation sites excluding steroid dienone is 1. The number of carboxylic acids is 1. The number of aliphatic imine (C=N–C) groups is 1. The summed E-state index contributed by atoms with van der Waals surface area (Å²) in [6, 6.07) is 2.38. The number of benzene rings is 2. The fraction of sp³-hybridized carbons (Fsp3) is 0.240. The van der Waals surface area contributed by atoms with E-state index in [-0.39, 0.29) is 33.8 Å². The Labute approximate surface area is 229 Å². The summed E-state index contributed by atoms with van der Waals surface area (Å²) in [5, 5.41) is 12.7. The van der Waals surface area contributed by atoms with Gasteiger partial charge in [0, 0.05) is 35.6 Å². The molecule has 0 bridgehead atoms. The first-order chi connectivity index (χ1) is 18.3. The molecule has 2 heterocycles. The van der Waals surface area contributed by atoms with Crippen molar-refractivity contribution in [1.29, 1.82) is 0 Å². The molecular formula is C25H17BrF7N3O2S. The monoisotopic (exact) mass is 635 g/mol. The molecular weight excluding hydrogens is 619 g/mol. The van der Waals surface area contributed by atoms with Crippen molar-refractivity contribution in [1.82, 2.24) is 9.88 Å². The van der Waals surface area contributed by atoms with E-state index >= 15 is 0 Å². The van der Waals surface area contributed by atoms with Crippen LogP contribution in [0.2, 0.25) is 0 Å². The van der Waals surface area contributed by atoms with E-state index in [1.54, 1.807) is 16.5 Å². The molecule has 1 unspecified atom stereocenters. The Kier molecular flexibility index (Phi) is 8.17. The van der Waals surface area contributed by atoms with E-state index in [1.165, 1.54) is 17.7 Å². The second-order valence-corrected chi connectivity index (χ2v) is 9.90. The van der Waals surface area contributed by atoms with Gasteiger partial charge in [-0.15, -0.1) is 11.3 Å². The number of aliphatic carboxylic acids is 1. The summed E-state index contributed by atoms with van der Waals surface area (Å²) in [6.07, 6.45) is -6.82. The highest BCUT2D eigenvalue weighted by Crippen LogP contribution is 2.43. The van der Waals surface area contributed by atoms with Gasteiger partial charge in [-0.1, -0.05) is 22.0 Å². The maximum absolute atomic E-state index is 14.3. The van der Waals surface area contributed by atoms with E-state index in [4.69, 9.17) is 0 Å². The van der Waals surface area contributed by atoms with E-state index in [2.05, 4.69) is 25.9 Å². The van der Waals surface area contributed by atoms with Gasteiger partial charge in [-0.3, -0.25) is 4.99 Å². The molecule has 14 heteroatoms. The predicted molar refractivity (Wildman–Crippen MR) is 134 cm³/mol. The third-order valence-electron chi connectivity index (χ3n) is 5.90. The highest BCUT2D eigenvalue weighted by atomic mass is 79.9. The Bertz CT molecular complexity index is 1400. The minimum Gasteiger partial charge on any atom is -0.478 e. The van der Waals surface area contributed by atoms with Crippen LogP contribution in [-0.4, -0.2) is 39.2 Å². The lowest BCUT2D eigenvalue weighted by Crippen LogP contribution is -2.33. The Hall–Kier alpha value is -3.26. The summed E-state index contributed by atoms with van der Waals surface area (Å²) in [5.74, 6) is -2.34. The normalized spacial score (nSPS) is 16.2. The molecule has 1 N–H and O–H groups in total. The van der Waals surface area contributed by atoms with Gasteiger partial charge in [-0.25, -0.2) is 14.2 Å². The van der Waals surface area contributed by atoms with Crippen LogP contribution in [0.15, 0.2) is 64.2 Å². The fourth-order valence-electron chi connectivity index (χ4n) is 4.14. The largest absolute Gasteiger partial charge is 0.478 e. The van der Waals surface area contributed by atoms with Gasteiger partial charge in [-0.2, -0.15) is 26.3 Å². The molecule has 39 heavy (non-hydrogen) atoms. The van der Waals surface area contributed by atoms with Gasteiger partial charge < -0.3 is 10.0 Å². The molecule has 0 saturated heterocycles. The Morgan fingerprint density at radius 3 is 2.26 bits per heavy atom. The smallest absolute Gasteiger partial charge is 0.416 e. The Morgan fingerprint density at radius 1 is 1.05 bits per heavy atom. The zero-order chi connectivity index (χ0) is 28.5. The summed E-state index contributed by atoms with van der Waals surface area (Å²) >= 11 is 4.68. The molecule has 0 fully saturated rings. The number of carbonyl (C=O) groups is 1. The lowest BCUT2D eigenvalue weighted by Gasteiger charge is -2.31. The predicted octanol–water partition coefficient (Wildman–Crippen LogP) is 7.35. The first-order valence-corrected chi connectivity index (χ1v) is 13.1. The molecule has 1 aromatic heterocycles. The van der Waals surface area contributed by atoms with Crippen LogP contribution in [0.4, 0.5) is 30.7 Å². The van der Waals surface area contributed by atoms with Gasteiger partial charge in [0.2, 0.25) is 0 Å². The minimum atomic E-state index is -5.13. The van der Waals surface area contributed by atoms with Gasteiger partial charge in [-0.05, 0) is 47.0 Å². The van der Waals surface area contributed by atoms with E-state index in [1.807, 2.05) is 0 Å². The highest BCUT2D eigenvalue weighted by molar-refractivity contribution is 9.09. The van der Waals surface area contributed by atoms with Crippen molar-refractivity contribution in [3.05, 3.63) is 86.8 Å². The third kappa shape index (κ3) is 6.32. The van der Waals surface area contributed by atoms with Crippen LogP contribution in [-0.2, 0) is 23.6 Å². The molecule has 2 aromatic carbocycles. The Balaban J connectivity index is 1.85. The standard InChI is InChI=1S/C25H17BrF7N3O2S/c26-11-19-21(23(37)38)22(35-12-36(19)5-3-20-34-4-6-39-20)17-2-1-16(27)10-18(17)13-7-14(24(28,29)30)9-15(8-13)25(31,32)33/h1-2,4,6-10,12,22H,3,5,11H2,(H,37,38). The molecule has 0 saturated carbocycles. The molecule has 0 spiro atoms. The third-order valence-corrected chi connectivity index (χ3v) is 7.27. The van der Waals surface area contributed by atoms with Crippen LogP contribution in [0.1, 0.15) is 27.7 Å². The lowest BCUT2D eigenvalue weighted by molar-refractivity contribution is -0.143. The van der Waals surface area contributed by atoms with Crippen molar-refractivity contribution < 1.29 is 40.6 Å². The van der Waals surface area contributed by atoms with Gasteiger partial charge in [0.15, 0.2) is 0 Å². The van der Waals surface area contributed by atoms with Crippen LogP contribution >= 0.6 is 27.3 Å². The summed E-state index contributed by atoms with van der Waals surface area (Å²) < 4.78 is 95.4. The van der Waals surface area contributed by atoms with Crippen LogP contribution in [0.5, 0.6) is 0 Å². The molecule has 1 aliphatic rings. The van der Waals surface area contributed by atoms with Gasteiger partial charge in [0.1, 0.15) is 11.9 Å². The molecule has 3 aromatic rings. The van der Waals surface area contributed by atoms with E-state index in [9.17, 15) is 40.6 Å². The first-order valence-electron chi connectivity index (χ1n) is 11.1. The molecule has 1 atom stereocenters. The number of thiazole rings is 1. The number of nitrogens with zero attached hydrogens (tertiary/aromatic N) is 3. The second kappa shape index (κ2) is 11.1. The van der Waals surface area contributed by atoms with E-state index < -0.39 is 46.9 Å². The summed E-state index contributed by atoms with van der Waals surface area (Å²) in [5.41, 5.74) is -4.17. The van der Waals surface area contributed by atoms with Crippen molar-refractivity contribution in [3.8, 4) is 11.1 Å². The van der Waals surface area contributed by atoms with E-state index in [0.29, 0.717) is 25.1 Å². The van der Waals surface area contributed by atoms with Crippen molar-refractivity contribution in [3.63, 3.8) is 0 Å². The fourth-order valence-corrected chi connectivity index (χ4v) is 5.38. The molecule has 206 valence electrons. The lowest BCUT2D eigenvalue weighted by atomic mass is 9.88. The zero-order valence-electron chi connectivity index (χ0n) is 19.5. The number of alkyl halides is 7. The van der Waals surface area contributed by atoms with Gasteiger partial charge in [0.25, 0.3) is 0 Å². The average Bonchev–Trinajstić information content (AvgIpc) is 3.39. The summed E-state index contributed by atoms with van der Waals surface area (Å²) in [7, 11) is 0. The number of halogens is 8. The number of hydrogen-bond acceptors (Lipinski definition) is 5. The molecule has 0 radical (unpaired) electrons. The molecule has 0 amide bonds. The first kappa shape index (κ1) is 28.7. The Morgan fingerprint density at radius 2 is 1.72 bits per heavy atom. The van der Waals surface area contributed by atoms with Crippen molar-refractivity contribution in [2.75, 3.05) is 11.9 Å². The topological polar surface area (TPSA) is 65.8 Å². The maximum atomic E-state index is 14.3. The van der Waals surface area contributed by atoms with Crippen LogP contribution in [0.3, 0.4) is 0 Å². The minimum absolute atomic E-state index is 0.0346. The van der Waals surface area contributed by atoms with Crippen LogP contribution in [0, 0.1) is 5.82 Å². The van der Waals surface area contributed by atoms with Gasteiger partial charge in [0.05, 0.1) is 28.0 Å². The average molecular weight is 636 g/mol. The van der Waals surface area contributed by atoms with Gasteiger partial charge >= 0.3 is 18.3 Å². The molecule has 4 rings (SSSR count). The quantitative estimate of drug-likeness (QED) is 0.218. The SMILES string of the molecule is O=C(O)C1=C(CBr)N(CCc2nccs2)C=NC1c1ccc(F)cc1-c1cc(C(F)(F)F)cc(C(F)(F)F)c1. The maximum Gasteiger partial charge on any atom is 0.416 e. The number of rotatable bonds is 7. The molecule has 5 nitrogen and oxygen atoms in total. The molecule has 0 aliphatic carbocycles. The summed E-state index contributed by atoms with van der Waals surface area (Å²) in [4.78, 5) is 22.5. The van der Waals surface area contributed by atoms with Crippen molar-refractivity contribution in [2.45, 2.75) is 24.8 Å². The summed E-state index contributed by atoms with van der Waals surface area (Å²) in [6.45, 7) is 0.306.